The van der Waals surface area contributed by atoms with Crippen molar-refractivity contribution in [3.8, 4) is 0 Å². The maximum absolute atomic E-state index is 13.0. The van der Waals surface area contributed by atoms with Crippen molar-refractivity contribution in [1.29, 1.82) is 0 Å². The summed E-state index contributed by atoms with van der Waals surface area (Å²) in [5.74, 6) is 0.987. The summed E-state index contributed by atoms with van der Waals surface area (Å²) in [6.07, 6.45) is 2.77. The number of nitrogens with zero attached hydrogens (tertiary/aromatic N) is 3. The Morgan fingerprint density at radius 3 is 2.55 bits per heavy atom. The van der Waals surface area contributed by atoms with Crippen LogP contribution in [0.3, 0.4) is 0 Å². The Bertz CT molecular complexity index is 1160. The summed E-state index contributed by atoms with van der Waals surface area (Å²) in [7, 11) is 1.60. The summed E-state index contributed by atoms with van der Waals surface area (Å²) in [5, 5.41) is 4.87. The molecule has 1 aromatic carbocycles. The number of thiophene rings is 1. The number of methoxy groups -OCH3 is 1. The van der Waals surface area contributed by atoms with Crippen molar-refractivity contribution in [1.82, 2.24) is 19.8 Å². The van der Waals surface area contributed by atoms with Crippen molar-refractivity contribution >= 4 is 34.2 Å². The molecule has 2 heterocycles. The first kappa shape index (κ1) is 29.8. The second kappa shape index (κ2) is 15.0. The number of aromatic nitrogens is 2. The van der Waals surface area contributed by atoms with Gasteiger partial charge in [0.1, 0.15) is 5.82 Å². The summed E-state index contributed by atoms with van der Waals surface area (Å²) in [5.41, 5.74) is 2.32. The van der Waals surface area contributed by atoms with E-state index in [0.29, 0.717) is 50.4 Å². The molecule has 9 heteroatoms. The molecule has 0 saturated heterocycles. The molecule has 1 N–H and O–H groups in total. The van der Waals surface area contributed by atoms with Gasteiger partial charge in [-0.15, -0.1) is 11.3 Å². The highest BCUT2D eigenvalue weighted by Crippen LogP contribution is 2.28. The molecule has 0 aliphatic heterocycles. The standard InChI is InChI=1S/C29H42N4O4S/c1-6-23(7-2)33-26-11-10-22(17-25(26)31-27(33)18-24-9-8-16-38-24)29(35)30-19-28(34)32(12-14-36-5)13-15-37-20-21(3)4/h8-11,16-17,21,23H,6-7,12-15,18-20H2,1-5H3,(H,30,35). The van der Waals surface area contributed by atoms with E-state index in [4.69, 9.17) is 14.5 Å². The number of nitrogens with one attached hydrogen (secondary N) is 1. The molecule has 0 saturated carbocycles. The van der Waals surface area contributed by atoms with Crippen molar-refractivity contribution in [2.45, 2.75) is 53.0 Å². The number of carbonyl (C=O) groups excluding carboxylic acids is 2. The fourth-order valence-electron chi connectivity index (χ4n) is 4.47. The molecule has 0 aliphatic rings. The van der Waals surface area contributed by atoms with Crippen LogP contribution in [0.25, 0.3) is 11.0 Å². The van der Waals surface area contributed by atoms with Crippen molar-refractivity contribution < 1.29 is 19.1 Å². The summed E-state index contributed by atoms with van der Waals surface area (Å²) in [6.45, 7) is 10.9. The Morgan fingerprint density at radius 1 is 1.13 bits per heavy atom. The Kier molecular flexibility index (Phi) is 11.8. The van der Waals surface area contributed by atoms with Crippen LogP contribution in [0.15, 0.2) is 35.7 Å². The molecule has 2 amide bonds. The number of amides is 2. The van der Waals surface area contributed by atoms with E-state index in [0.717, 1.165) is 36.1 Å². The van der Waals surface area contributed by atoms with Crippen LogP contribution < -0.4 is 5.32 Å². The first-order valence-corrected chi connectivity index (χ1v) is 14.4. The largest absolute Gasteiger partial charge is 0.383 e. The van der Waals surface area contributed by atoms with Crippen LogP contribution in [-0.4, -0.2) is 72.8 Å². The van der Waals surface area contributed by atoms with E-state index in [2.05, 4.69) is 55.1 Å². The maximum Gasteiger partial charge on any atom is 0.251 e. The predicted octanol–water partition coefficient (Wildman–Crippen LogP) is 4.93. The van der Waals surface area contributed by atoms with Crippen molar-refractivity contribution in [2.75, 3.05) is 46.6 Å². The van der Waals surface area contributed by atoms with Gasteiger partial charge in [0.15, 0.2) is 0 Å². The van der Waals surface area contributed by atoms with E-state index in [1.54, 1.807) is 23.3 Å². The number of rotatable bonds is 16. The second-order valence-electron chi connectivity index (χ2n) is 9.85. The van der Waals surface area contributed by atoms with Crippen LogP contribution in [0, 0.1) is 5.92 Å². The summed E-state index contributed by atoms with van der Waals surface area (Å²) in [6, 6.07) is 10.2. The average Bonchev–Trinajstić information content (AvgIpc) is 3.55. The zero-order valence-corrected chi connectivity index (χ0v) is 24.2. The van der Waals surface area contributed by atoms with E-state index in [1.807, 2.05) is 18.2 Å². The minimum absolute atomic E-state index is 0.0867. The lowest BCUT2D eigenvalue weighted by Gasteiger charge is -2.23. The van der Waals surface area contributed by atoms with Gasteiger partial charge >= 0.3 is 0 Å². The molecule has 0 aliphatic carbocycles. The van der Waals surface area contributed by atoms with Crippen LogP contribution in [0.2, 0.25) is 0 Å². The highest BCUT2D eigenvalue weighted by molar-refractivity contribution is 7.09. The number of hydrogen-bond donors (Lipinski definition) is 1. The highest BCUT2D eigenvalue weighted by atomic mass is 32.1. The van der Waals surface area contributed by atoms with Gasteiger partial charge in [-0.1, -0.05) is 33.8 Å². The predicted molar refractivity (Wildman–Crippen MR) is 153 cm³/mol. The molecule has 3 aromatic rings. The lowest BCUT2D eigenvalue weighted by molar-refractivity contribution is -0.131. The molecule has 0 spiro atoms. The van der Waals surface area contributed by atoms with Crippen LogP contribution in [0.1, 0.15) is 67.6 Å². The summed E-state index contributed by atoms with van der Waals surface area (Å²) < 4.78 is 13.1. The van der Waals surface area contributed by atoms with E-state index in [9.17, 15) is 9.59 Å². The fraction of sp³-hybridized carbons (Fsp3) is 0.552. The van der Waals surface area contributed by atoms with Crippen molar-refractivity contribution in [2.24, 2.45) is 5.92 Å². The zero-order chi connectivity index (χ0) is 27.5. The van der Waals surface area contributed by atoms with Gasteiger partial charge in [-0.2, -0.15) is 0 Å². The fourth-order valence-corrected chi connectivity index (χ4v) is 5.17. The molecule has 0 fully saturated rings. The minimum atomic E-state index is -0.292. The number of fused-ring (bicyclic) bond motifs is 1. The minimum Gasteiger partial charge on any atom is -0.383 e. The van der Waals surface area contributed by atoms with Gasteiger partial charge in [0.2, 0.25) is 5.91 Å². The van der Waals surface area contributed by atoms with Gasteiger partial charge in [-0.05, 0) is 48.4 Å². The third-order valence-corrected chi connectivity index (χ3v) is 7.40. The monoisotopic (exact) mass is 542 g/mol. The van der Waals surface area contributed by atoms with Gasteiger partial charge in [0, 0.05) is 49.7 Å². The lowest BCUT2D eigenvalue weighted by atomic mass is 10.1. The van der Waals surface area contributed by atoms with Gasteiger partial charge < -0.3 is 24.3 Å². The van der Waals surface area contributed by atoms with Gasteiger partial charge in [0.05, 0.1) is 30.8 Å². The van der Waals surface area contributed by atoms with E-state index in [1.165, 1.54) is 4.88 Å². The smallest absolute Gasteiger partial charge is 0.251 e. The van der Waals surface area contributed by atoms with E-state index >= 15 is 0 Å². The van der Waals surface area contributed by atoms with Crippen LogP contribution in [0.4, 0.5) is 0 Å². The van der Waals surface area contributed by atoms with Crippen LogP contribution >= 0.6 is 11.3 Å². The van der Waals surface area contributed by atoms with Gasteiger partial charge in [-0.25, -0.2) is 4.98 Å². The summed E-state index contributed by atoms with van der Waals surface area (Å²) in [4.78, 5) is 33.7. The SMILES string of the molecule is CCC(CC)n1c(Cc2cccs2)nc2cc(C(=O)NCC(=O)N(CCOC)CCOCC(C)C)ccc21. The normalized spacial score (nSPS) is 11.6. The van der Waals surface area contributed by atoms with Crippen LogP contribution in [0.5, 0.6) is 0 Å². The van der Waals surface area contributed by atoms with Gasteiger partial charge in [0.25, 0.3) is 5.91 Å². The first-order valence-electron chi connectivity index (χ1n) is 13.5. The average molecular weight is 543 g/mol. The molecule has 0 radical (unpaired) electrons. The molecular weight excluding hydrogens is 500 g/mol. The first-order chi connectivity index (χ1) is 18.4. The molecule has 0 unspecified atom stereocenters. The zero-order valence-electron chi connectivity index (χ0n) is 23.4. The maximum atomic E-state index is 13.0. The molecule has 0 atom stereocenters. The third kappa shape index (κ3) is 8.12. The summed E-state index contributed by atoms with van der Waals surface area (Å²) >= 11 is 1.73. The molecule has 8 nitrogen and oxygen atoms in total. The van der Waals surface area contributed by atoms with Crippen molar-refractivity contribution in [3.63, 3.8) is 0 Å². The lowest BCUT2D eigenvalue weighted by Crippen LogP contribution is -2.43. The number of benzene rings is 1. The number of carbonyl (C=O) groups is 2. The van der Waals surface area contributed by atoms with Crippen LogP contribution in [-0.2, 0) is 20.7 Å². The molecular formula is C29H42N4O4S. The third-order valence-electron chi connectivity index (χ3n) is 6.52. The number of hydrogen-bond acceptors (Lipinski definition) is 6. The van der Waals surface area contributed by atoms with E-state index < -0.39 is 0 Å². The van der Waals surface area contributed by atoms with Gasteiger partial charge in [-0.3, -0.25) is 9.59 Å². The highest BCUT2D eigenvalue weighted by Gasteiger charge is 2.20. The molecule has 3 rings (SSSR count). The Morgan fingerprint density at radius 2 is 1.89 bits per heavy atom. The Labute approximate surface area is 230 Å². The second-order valence-corrected chi connectivity index (χ2v) is 10.9. The topological polar surface area (TPSA) is 85.7 Å². The van der Waals surface area contributed by atoms with Crippen molar-refractivity contribution in [3.05, 3.63) is 52.0 Å². The molecule has 0 bridgehead atoms. The quantitative estimate of drug-likeness (QED) is 0.260. The number of imidazole rings is 1. The van der Waals surface area contributed by atoms with E-state index in [-0.39, 0.29) is 18.4 Å². The Balaban J connectivity index is 1.71. The number of ether oxygens (including phenoxy) is 2. The molecule has 208 valence electrons. The molecule has 38 heavy (non-hydrogen) atoms. The Hall–Kier alpha value is -2.75. The molecule has 2 aromatic heterocycles.